The number of amides is 2. The largest absolute Gasteiger partial charge is 0.354 e. The Labute approximate surface area is 304 Å². The van der Waals surface area contributed by atoms with Gasteiger partial charge >= 0.3 is 5.69 Å². The molecule has 2 aromatic carbocycles. The van der Waals surface area contributed by atoms with Gasteiger partial charge in [-0.3, -0.25) is 23.5 Å². The molecule has 5 heterocycles. The SMILES string of the molecule is C=CC(=O)N1CC2C(=O)N(C)c3c(c4cc(F)c(-c5c(C)ccc6[nH]c(=O)n(C)c56)c(Cl)c4n(-c4c(C(C)C)ncnc4C(C)C)c3=O)N2CC1C. The van der Waals surface area contributed by atoms with Crippen LogP contribution in [0, 0.1) is 12.7 Å². The fourth-order valence-electron chi connectivity index (χ4n) is 7.91. The first-order chi connectivity index (χ1) is 24.6. The Morgan fingerprint density at radius 2 is 1.65 bits per heavy atom. The predicted molar refractivity (Wildman–Crippen MR) is 201 cm³/mol. The second-order valence-electron chi connectivity index (χ2n) is 14.3. The lowest BCUT2D eigenvalue weighted by molar-refractivity contribution is -0.130. The number of nitrogens with zero attached hydrogens (tertiary/aromatic N) is 7. The number of hydrogen-bond acceptors (Lipinski definition) is 7. The number of halogens is 2. The van der Waals surface area contributed by atoms with Gasteiger partial charge in [0, 0.05) is 43.2 Å². The van der Waals surface area contributed by atoms with Crippen LogP contribution in [-0.4, -0.2) is 73.0 Å². The van der Waals surface area contributed by atoms with Crippen LogP contribution in [0.5, 0.6) is 0 Å². The van der Waals surface area contributed by atoms with Gasteiger partial charge in [0.25, 0.3) is 11.5 Å². The van der Waals surface area contributed by atoms with Crippen LogP contribution in [0.1, 0.15) is 63.4 Å². The third-order valence-corrected chi connectivity index (χ3v) is 10.8. The number of aromatic amines is 1. The fraction of sp³-hybridized carbons (Fsp3) is 0.368. The van der Waals surface area contributed by atoms with Crippen LogP contribution in [0.3, 0.4) is 0 Å². The number of anilines is 2. The van der Waals surface area contributed by atoms with Crippen molar-refractivity contribution in [2.45, 2.75) is 65.5 Å². The zero-order chi connectivity index (χ0) is 37.7. The number of aryl methyl sites for hydroxylation is 2. The summed E-state index contributed by atoms with van der Waals surface area (Å²) in [6, 6.07) is 3.66. The van der Waals surface area contributed by atoms with Crippen molar-refractivity contribution in [2.75, 3.05) is 29.9 Å². The van der Waals surface area contributed by atoms with Gasteiger partial charge in [-0.05, 0) is 49.5 Å². The third-order valence-electron chi connectivity index (χ3n) is 10.5. The van der Waals surface area contributed by atoms with Gasteiger partial charge in [-0.1, -0.05) is 51.9 Å². The Morgan fingerprint density at radius 3 is 2.27 bits per heavy atom. The van der Waals surface area contributed by atoms with E-state index in [1.165, 1.54) is 39.6 Å². The molecule has 0 saturated carbocycles. The van der Waals surface area contributed by atoms with Crippen molar-refractivity contribution >= 4 is 56.7 Å². The first-order valence-corrected chi connectivity index (χ1v) is 17.6. The van der Waals surface area contributed by atoms with Crippen molar-refractivity contribution in [3.8, 4) is 16.8 Å². The van der Waals surface area contributed by atoms with Crippen molar-refractivity contribution in [1.82, 2.24) is 29.0 Å². The first-order valence-electron chi connectivity index (χ1n) is 17.2. The van der Waals surface area contributed by atoms with E-state index >= 15 is 9.18 Å². The zero-order valence-electron chi connectivity index (χ0n) is 30.3. The monoisotopic (exact) mass is 726 g/mol. The highest BCUT2D eigenvalue weighted by molar-refractivity contribution is 6.39. The molecule has 2 amide bonds. The molecule has 2 atom stereocenters. The fourth-order valence-corrected chi connectivity index (χ4v) is 8.28. The molecule has 0 spiro atoms. The van der Waals surface area contributed by atoms with E-state index in [9.17, 15) is 14.4 Å². The molecule has 1 fully saturated rings. The van der Waals surface area contributed by atoms with Crippen molar-refractivity contribution < 1.29 is 14.0 Å². The summed E-state index contributed by atoms with van der Waals surface area (Å²) in [6.45, 7) is 15.3. The molecule has 0 radical (unpaired) electrons. The third kappa shape index (κ3) is 4.92. The molecule has 1 saturated heterocycles. The number of benzene rings is 2. The van der Waals surface area contributed by atoms with Crippen LogP contribution in [0.4, 0.5) is 15.8 Å². The Kier molecular flexibility index (Phi) is 8.40. The van der Waals surface area contributed by atoms with Crippen LogP contribution in [0.25, 0.3) is 38.8 Å². The quantitative estimate of drug-likeness (QED) is 0.236. The summed E-state index contributed by atoms with van der Waals surface area (Å²) in [5.74, 6) is -1.73. The molecule has 14 heteroatoms. The topological polar surface area (TPSA) is 129 Å². The minimum Gasteiger partial charge on any atom is -0.354 e. The minimum atomic E-state index is -0.861. The molecular weight excluding hydrogens is 687 g/mol. The number of rotatable bonds is 5. The summed E-state index contributed by atoms with van der Waals surface area (Å²) in [4.78, 5) is 71.9. The number of carbonyl (C=O) groups excluding carboxylic acids is 2. The van der Waals surface area contributed by atoms with Crippen LogP contribution in [0.2, 0.25) is 5.02 Å². The highest BCUT2D eigenvalue weighted by Crippen LogP contribution is 2.48. The van der Waals surface area contributed by atoms with Crippen LogP contribution in [0.15, 0.2) is 46.8 Å². The number of hydrogen-bond donors (Lipinski definition) is 1. The van der Waals surface area contributed by atoms with Gasteiger partial charge in [-0.2, -0.15) is 0 Å². The number of likely N-dealkylation sites (N-methyl/N-ethyl adjacent to an activating group) is 1. The number of H-pyrrole nitrogens is 1. The van der Waals surface area contributed by atoms with Crippen molar-refractivity contribution in [3.05, 3.63) is 85.8 Å². The van der Waals surface area contributed by atoms with E-state index in [0.29, 0.717) is 50.3 Å². The maximum Gasteiger partial charge on any atom is 0.326 e. The maximum absolute atomic E-state index is 17.2. The summed E-state index contributed by atoms with van der Waals surface area (Å²) in [6.07, 6.45) is 2.68. The van der Waals surface area contributed by atoms with E-state index in [0.717, 1.165) is 0 Å². The molecule has 270 valence electrons. The van der Waals surface area contributed by atoms with Crippen molar-refractivity contribution in [1.29, 1.82) is 0 Å². The molecule has 2 aliphatic rings. The molecule has 7 rings (SSSR count). The number of carbonyl (C=O) groups is 2. The average Bonchev–Trinajstić information content (AvgIpc) is 3.39. The van der Waals surface area contributed by atoms with Gasteiger partial charge in [0.2, 0.25) is 5.91 Å². The number of piperazine rings is 1. The minimum absolute atomic E-state index is 0.0144. The summed E-state index contributed by atoms with van der Waals surface area (Å²) in [5, 5.41) is 0.235. The standard InChI is InChI=1S/C38H40ClFN8O4/c1-10-25(49)46-15-24-36(50)44(8)35-32(47(24)14-20(46)7)21-13-22(40)27(26-19(6)11-12-23-33(26)45(9)38(52)43-23)28(39)31(21)48(37(35)51)34-29(17(2)3)41-16-42-30(34)18(4)5/h10-13,16-18,20,24H,1,14-15H2,2-9H3,(H,43,52). The summed E-state index contributed by atoms with van der Waals surface area (Å²) in [7, 11) is 3.12. The normalized spacial score (nSPS) is 17.5. The van der Waals surface area contributed by atoms with Crippen LogP contribution >= 0.6 is 11.6 Å². The lowest BCUT2D eigenvalue weighted by Gasteiger charge is -2.50. The zero-order valence-corrected chi connectivity index (χ0v) is 31.1. The molecular formula is C38H40ClFN8O4. The van der Waals surface area contributed by atoms with Crippen LogP contribution < -0.4 is 21.0 Å². The number of aromatic nitrogens is 5. The Balaban J connectivity index is 1.69. The smallest absolute Gasteiger partial charge is 0.326 e. The summed E-state index contributed by atoms with van der Waals surface area (Å²) < 4.78 is 20.0. The van der Waals surface area contributed by atoms with Gasteiger partial charge in [0.1, 0.15) is 23.9 Å². The van der Waals surface area contributed by atoms with E-state index in [-0.39, 0.29) is 70.3 Å². The summed E-state index contributed by atoms with van der Waals surface area (Å²) in [5.41, 5.74) is 3.22. The van der Waals surface area contributed by atoms with Crippen molar-refractivity contribution in [3.63, 3.8) is 0 Å². The second-order valence-corrected chi connectivity index (χ2v) is 14.7. The van der Waals surface area contributed by atoms with E-state index < -0.39 is 17.4 Å². The van der Waals surface area contributed by atoms with E-state index in [4.69, 9.17) is 11.6 Å². The second kappa shape index (κ2) is 12.4. The van der Waals surface area contributed by atoms with E-state index in [2.05, 4.69) is 21.5 Å². The van der Waals surface area contributed by atoms with E-state index in [1.807, 2.05) is 41.5 Å². The molecule has 2 unspecified atom stereocenters. The Morgan fingerprint density at radius 1 is 1.00 bits per heavy atom. The van der Waals surface area contributed by atoms with Gasteiger partial charge in [0.15, 0.2) is 0 Å². The number of imidazole rings is 1. The highest BCUT2D eigenvalue weighted by Gasteiger charge is 2.46. The molecule has 3 aromatic heterocycles. The van der Waals surface area contributed by atoms with Crippen molar-refractivity contribution in [2.24, 2.45) is 7.05 Å². The first kappa shape index (κ1) is 35.1. The molecule has 12 nitrogen and oxygen atoms in total. The Hall–Kier alpha value is -5.30. The maximum atomic E-state index is 17.2. The van der Waals surface area contributed by atoms with Gasteiger partial charge < -0.3 is 19.7 Å². The number of fused-ring (bicyclic) bond motifs is 6. The summed E-state index contributed by atoms with van der Waals surface area (Å²) >= 11 is 7.50. The Bertz CT molecular complexity index is 2470. The average molecular weight is 727 g/mol. The lowest BCUT2D eigenvalue weighted by atomic mass is 9.93. The number of pyridine rings is 1. The van der Waals surface area contributed by atoms with Gasteiger partial charge in [0.05, 0.1) is 50.9 Å². The molecule has 0 bridgehead atoms. The lowest BCUT2D eigenvalue weighted by Crippen LogP contribution is -2.66. The highest BCUT2D eigenvalue weighted by atomic mass is 35.5. The predicted octanol–water partition coefficient (Wildman–Crippen LogP) is 5.54. The molecule has 1 N–H and O–H groups in total. The number of nitrogens with one attached hydrogen (secondary N) is 1. The molecule has 0 aliphatic carbocycles. The van der Waals surface area contributed by atoms with Crippen LogP contribution in [-0.2, 0) is 16.6 Å². The molecule has 2 aliphatic heterocycles. The molecule has 52 heavy (non-hydrogen) atoms. The van der Waals surface area contributed by atoms with Gasteiger partial charge in [-0.25, -0.2) is 19.2 Å². The molecule has 5 aromatic rings. The van der Waals surface area contributed by atoms with Gasteiger partial charge in [-0.15, -0.1) is 0 Å². The van der Waals surface area contributed by atoms with E-state index in [1.54, 1.807) is 29.0 Å².